The summed E-state index contributed by atoms with van der Waals surface area (Å²) in [6.45, 7) is 0. The lowest BCUT2D eigenvalue weighted by atomic mass is 10.1. The van der Waals surface area contributed by atoms with E-state index in [1.54, 1.807) is 36.4 Å². The largest absolute Gasteiger partial charge is 0.456 e. The molecule has 2 aromatic rings. The zero-order chi connectivity index (χ0) is 13.7. The Morgan fingerprint density at radius 3 is 2.32 bits per heavy atom. The summed E-state index contributed by atoms with van der Waals surface area (Å²) in [4.78, 5) is 0. The molecule has 0 fully saturated rings. The third-order valence-electron chi connectivity index (χ3n) is 2.53. The summed E-state index contributed by atoms with van der Waals surface area (Å²) in [5.74, 6) is 1.11. The molecule has 0 heterocycles. The summed E-state index contributed by atoms with van der Waals surface area (Å²) in [5.41, 5.74) is 2.08. The first kappa shape index (κ1) is 13.1. The van der Waals surface area contributed by atoms with Gasteiger partial charge in [-0.1, -0.05) is 22.0 Å². The highest BCUT2D eigenvalue weighted by atomic mass is 79.9. The summed E-state index contributed by atoms with van der Waals surface area (Å²) in [6.07, 6.45) is 0. The highest BCUT2D eigenvalue weighted by Gasteiger charge is 2.06. The van der Waals surface area contributed by atoms with E-state index in [-0.39, 0.29) is 0 Å². The number of benzene rings is 2. The van der Waals surface area contributed by atoms with E-state index < -0.39 is 0 Å². The lowest BCUT2D eigenvalue weighted by Crippen LogP contribution is -1.90. The van der Waals surface area contributed by atoms with Gasteiger partial charge in [-0.15, -0.1) is 0 Å². The van der Waals surface area contributed by atoms with Crippen LogP contribution in [0.2, 0.25) is 0 Å². The smallest absolute Gasteiger partial charge is 0.145 e. The van der Waals surface area contributed by atoms with Crippen molar-refractivity contribution in [3.63, 3.8) is 0 Å². The molecule has 0 aliphatic carbocycles. The fourth-order valence-electron chi connectivity index (χ4n) is 1.56. The SMILES string of the molecule is N#Cc1ccc(Oc2ccc(CBr)cc2C#N)cc1. The molecule has 19 heavy (non-hydrogen) atoms. The number of ether oxygens (including phenoxy) is 1. The van der Waals surface area contributed by atoms with E-state index in [0.29, 0.717) is 28.0 Å². The van der Waals surface area contributed by atoms with Crippen LogP contribution in [0.15, 0.2) is 42.5 Å². The molecule has 0 bridgehead atoms. The van der Waals surface area contributed by atoms with E-state index in [9.17, 15) is 0 Å². The molecule has 0 saturated carbocycles. The first-order valence-corrected chi connectivity index (χ1v) is 6.66. The lowest BCUT2D eigenvalue weighted by Gasteiger charge is -2.08. The molecule has 0 aliphatic heterocycles. The number of nitriles is 2. The van der Waals surface area contributed by atoms with Crippen molar-refractivity contribution in [3.05, 3.63) is 59.2 Å². The minimum atomic E-state index is 0.487. The molecule has 92 valence electrons. The Bertz CT molecular complexity index is 666. The summed E-state index contributed by atoms with van der Waals surface area (Å²) in [7, 11) is 0. The Balaban J connectivity index is 2.28. The Labute approximate surface area is 119 Å². The topological polar surface area (TPSA) is 56.8 Å². The third kappa shape index (κ3) is 3.13. The summed E-state index contributed by atoms with van der Waals surface area (Å²) >= 11 is 3.35. The van der Waals surface area contributed by atoms with Crippen LogP contribution in [0, 0.1) is 22.7 Å². The molecule has 0 spiro atoms. The van der Waals surface area contributed by atoms with Crippen LogP contribution in [0.3, 0.4) is 0 Å². The van der Waals surface area contributed by atoms with Crippen molar-refractivity contribution in [2.75, 3.05) is 0 Å². The van der Waals surface area contributed by atoms with Gasteiger partial charge in [0.1, 0.15) is 17.6 Å². The van der Waals surface area contributed by atoms with E-state index in [4.69, 9.17) is 15.3 Å². The fraction of sp³-hybridized carbons (Fsp3) is 0.0667. The van der Waals surface area contributed by atoms with E-state index in [1.807, 2.05) is 12.1 Å². The molecular weight excluding hydrogens is 304 g/mol. The maximum Gasteiger partial charge on any atom is 0.145 e. The zero-order valence-electron chi connectivity index (χ0n) is 9.93. The van der Waals surface area contributed by atoms with Crippen molar-refractivity contribution in [1.29, 1.82) is 10.5 Å². The summed E-state index contributed by atoms with van der Waals surface area (Å²) in [5, 5.41) is 18.5. The summed E-state index contributed by atoms with van der Waals surface area (Å²) in [6, 6.07) is 16.4. The molecule has 0 N–H and O–H groups in total. The minimum Gasteiger partial charge on any atom is -0.456 e. The van der Waals surface area contributed by atoms with Crippen molar-refractivity contribution >= 4 is 15.9 Å². The number of nitrogens with zero attached hydrogens (tertiary/aromatic N) is 2. The Kier molecular flexibility index (Phi) is 4.18. The van der Waals surface area contributed by atoms with E-state index >= 15 is 0 Å². The van der Waals surface area contributed by atoms with Crippen LogP contribution < -0.4 is 4.74 Å². The molecular formula is C15H9BrN2O. The standard InChI is InChI=1S/C15H9BrN2O/c16-8-12-3-6-15(13(7-12)10-18)19-14-4-1-11(9-17)2-5-14/h1-7H,8H2. The third-order valence-corrected chi connectivity index (χ3v) is 3.18. The maximum atomic E-state index is 9.11. The van der Waals surface area contributed by atoms with Gasteiger partial charge >= 0.3 is 0 Å². The van der Waals surface area contributed by atoms with E-state index in [0.717, 1.165) is 5.56 Å². The van der Waals surface area contributed by atoms with Gasteiger partial charge in [0.05, 0.1) is 17.2 Å². The van der Waals surface area contributed by atoms with Crippen molar-refractivity contribution in [1.82, 2.24) is 0 Å². The lowest BCUT2D eigenvalue weighted by molar-refractivity contribution is 0.481. The molecule has 2 aromatic carbocycles. The second kappa shape index (κ2) is 6.04. The van der Waals surface area contributed by atoms with Crippen LogP contribution in [-0.4, -0.2) is 0 Å². The summed E-state index contributed by atoms with van der Waals surface area (Å²) < 4.78 is 5.65. The number of hydrogen-bond acceptors (Lipinski definition) is 3. The highest BCUT2D eigenvalue weighted by Crippen LogP contribution is 2.26. The molecule has 2 rings (SSSR count). The van der Waals surface area contributed by atoms with Gasteiger partial charge in [-0.05, 0) is 42.0 Å². The number of alkyl halides is 1. The van der Waals surface area contributed by atoms with Gasteiger partial charge in [0.2, 0.25) is 0 Å². The van der Waals surface area contributed by atoms with Gasteiger partial charge in [0.25, 0.3) is 0 Å². The van der Waals surface area contributed by atoms with Gasteiger partial charge in [-0.2, -0.15) is 10.5 Å². The van der Waals surface area contributed by atoms with Crippen LogP contribution in [0.4, 0.5) is 0 Å². The van der Waals surface area contributed by atoms with Crippen molar-refractivity contribution in [2.24, 2.45) is 0 Å². The van der Waals surface area contributed by atoms with Crippen LogP contribution in [0.25, 0.3) is 0 Å². The molecule has 0 radical (unpaired) electrons. The van der Waals surface area contributed by atoms with Crippen LogP contribution in [0.1, 0.15) is 16.7 Å². The molecule has 4 heteroatoms. The van der Waals surface area contributed by atoms with Crippen molar-refractivity contribution < 1.29 is 4.74 Å². The van der Waals surface area contributed by atoms with Crippen molar-refractivity contribution in [2.45, 2.75) is 5.33 Å². The van der Waals surface area contributed by atoms with Crippen LogP contribution in [0.5, 0.6) is 11.5 Å². The highest BCUT2D eigenvalue weighted by molar-refractivity contribution is 9.08. The van der Waals surface area contributed by atoms with E-state index in [1.165, 1.54) is 0 Å². The Hall–Kier alpha value is -2.30. The Morgan fingerprint density at radius 2 is 1.74 bits per heavy atom. The normalized spacial score (nSPS) is 9.42. The molecule has 0 aromatic heterocycles. The quantitative estimate of drug-likeness (QED) is 0.801. The van der Waals surface area contributed by atoms with Gasteiger partial charge in [-0.3, -0.25) is 0 Å². The molecule has 0 aliphatic rings. The molecule has 0 saturated heterocycles. The molecule has 3 nitrogen and oxygen atoms in total. The monoisotopic (exact) mass is 312 g/mol. The predicted octanol–water partition coefficient (Wildman–Crippen LogP) is 4.12. The average molecular weight is 313 g/mol. The average Bonchev–Trinajstić information content (AvgIpc) is 2.48. The number of halogens is 1. The number of rotatable bonds is 3. The first-order valence-electron chi connectivity index (χ1n) is 5.54. The van der Waals surface area contributed by atoms with Gasteiger partial charge < -0.3 is 4.74 Å². The minimum absolute atomic E-state index is 0.487. The molecule has 0 atom stereocenters. The fourth-order valence-corrected chi connectivity index (χ4v) is 1.91. The second-order valence-corrected chi connectivity index (χ2v) is 4.37. The van der Waals surface area contributed by atoms with Crippen molar-refractivity contribution in [3.8, 4) is 23.6 Å². The van der Waals surface area contributed by atoms with Gasteiger partial charge in [0.15, 0.2) is 0 Å². The molecule has 0 amide bonds. The number of hydrogen-bond donors (Lipinski definition) is 0. The predicted molar refractivity (Wildman–Crippen MR) is 75.0 cm³/mol. The van der Waals surface area contributed by atoms with Gasteiger partial charge in [0, 0.05) is 5.33 Å². The van der Waals surface area contributed by atoms with Crippen LogP contribution >= 0.6 is 15.9 Å². The maximum absolute atomic E-state index is 9.11. The molecule has 0 unspecified atom stereocenters. The van der Waals surface area contributed by atoms with Gasteiger partial charge in [-0.25, -0.2) is 0 Å². The first-order chi connectivity index (χ1) is 9.26. The Morgan fingerprint density at radius 1 is 1.00 bits per heavy atom. The van der Waals surface area contributed by atoms with Crippen LogP contribution in [-0.2, 0) is 5.33 Å². The van der Waals surface area contributed by atoms with E-state index in [2.05, 4.69) is 22.0 Å². The second-order valence-electron chi connectivity index (χ2n) is 3.81. The zero-order valence-corrected chi connectivity index (χ0v) is 11.5.